The summed E-state index contributed by atoms with van der Waals surface area (Å²) in [5.74, 6) is -2.27. The zero-order valence-electron chi connectivity index (χ0n) is 22.2. The maximum Gasteiger partial charge on any atom is 0.408 e. The van der Waals surface area contributed by atoms with E-state index in [2.05, 4.69) is 10.6 Å². The highest BCUT2D eigenvalue weighted by molar-refractivity contribution is 6.34. The maximum atomic E-state index is 13.8. The second-order valence-electron chi connectivity index (χ2n) is 9.86. The molecule has 11 heteroatoms. The molecule has 0 bridgehead atoms. The molecule has 0 aromatic heterocycles. The molecule has 0 spiro atoms. The Balaban J connectivity index is 2.55. The van der Waals surface area contributed by atoms with Gasteiger partial charge < -0.3 is 31.1 Å². The van der Waals surface area contributed by atoms with Crippen LogP contribution in [-0.2, 0) is 19.1 Å². The zero-order chi connectivity index (χ0) is 28.6. The first kappa shape index (κ1) is 30.6. The molecule has 0 radical (unpaired) electrons. The van der Waals surface area contributed by atoms with E-state index in [-0.39, 0.29) is 6.54 Å². The third-order valence-corrected chi connectivity index (χ3v) is 5.72. The summed E-state index contributed by atoms with van der Waals surface area (Å²) in [6.07, 6.45) is -1.49. The smallest absolute Gasteiger partial charge is 0.408 e. The number of nitrogens with two attached hydrogens (primary N) is 1. The number of benzene rings is 2. The van der Waals surface area contributed by atoms with Gasteiger partial charge in [-0.1, -0.05) is 53.6 Å². The Morgan fingerprint density at radius 2 is 1.76 bits per heavy atom. The van der Waals surface area contributed by atoms with Crippen LogP contribution >= 0.6 is 11.6 Å². The van der Waals surface area contributed by atoms with Gasteiger partial charge in [-0.3, -0.25) is 14.4 Å². The van der Waals surface area contributed by atoms with Crippen molar-refractivity contribution >= 4 is 41.1 Å². The Labute approximate surface area is 227 Å². The summed E-state index contributed by atoms with van der Waals surface area (Å²) in [4.78, 5) is 52.9. The van der Waals surface area contributed by atoms with E-state index in [0.29, 0.717) is 21.8 Å². The van der Waals surface area contributed by atoms with Crippen LogP contribution in [0.15, 0.2) is 42.5 Å². The number of halogens is 1. The first-order valence-corrected chi connectivity index (χ1v) is 12.4. The van der Waals surface area contributed by atoms with Crippen LogP contribution in [0.3, 0.4) is 0 Å². The fraction of sp³-hybridized carbons (Fsp3) is 0.407. The van der Waals surface area contributed by atoms with E-state index in [4.69, 9.17) is 22.1 Å². The lowest BCUT2D eigenvalue weighted by Crippen LogP contribution is -2.54. The lowest BCUT2D eigenvalue weighted by atomic mass is 10.00. The quantitative estimate of drug-likeness (QED) is 0.359. The normalized spacial score (nSPS) is 12.7. The number of para-hydroxylation sites is 1. The standard InChI is InChI=1S/C27H35ClN4O6/c1-16-8-6-10-18(14-16)23(24(35)31-22-17(2)9-7-11-19(22)28)32(12-13-33)25(36)20(15-21(29)34)30-26(37)38-27(3,4)5/h6-11,14,20,23,33H,12-13,15H2,1-5H3,(H2,29,34)(H,30,37)(H,31,35). The molecule has 206 valence electrons. The van der Waals surface area contributed by atoms with Gasteiger partial charge in [0.2, 0.25) is 11.8 Å². The minimum Gasteiger partial charge on any atom is -0.444 e. The van der Waals surface area contributed by atoms with E-state index in [9.17, 15) is 24.3 Å². The van der Waals surface area contributed by atoms with E-state index in [1.54, 1.807) is 64.1 Å². The Hall–Kier alpha value is -3.63. The van der Waals surface area contributed by atoms with E-state index in [0.717, 1.165) is 10.5 Å². The molecular formula is C27H35ClN4O6. The van der Waals surface area contributed by atoms with Crippen molar-refractivity contribution in [3.63, 3.8) is 0 Å². The van der Waals surface area contributed by atoms with Gasteiger partial charge in [-0.05, 0) is 51.8 Å². The topological polar surface area (TPSA) is 151 Å². The number of carbonyl (C=O) groups excluding carboxylic acids is 4. The molecule has 38 heavy (non-hydrogen) atoms. The first-order valence-electron chi connectivity index (χ1n) is 12.0. The van der Waals surface area contributed by atoms with E-state index < -0.39 is 54.5 Å². The van der Waals surface area contributed by atoms with Gasteiger partial charge in [-0.2, -0.15) is 0 Å². The minimum absolute atomic E-state index is 0.280. The van der Waals surface area contributed by atoms with Crippen molar-refractivity contribution in [2.45, 2.75) is 58.7 Å². The van der Waals surface area contributed by atoms with Crippen molar-refractivity contribution in [3.8, 4) is 0 Å². The van der Waals surface area contributed by atoms with Crippen LogP contribution in [0.5, 0.6) is 0 Å². The van der Waals surface area contributed by atoms with E-state index in [1.807, 2.05) is 13.0 Å². The van der Waals surface area contributed by atoms with Gasteiger partial charge >= 0.3 is 6.09 Å². The predicted molar refractivity (Wildman–Crippen MR) is 145 cm³/mol. The van der Waals surface area contributed by atoms with Crippen LogP contribution in [-0.4, -0.2) is 58.6 Å². The number of carbonyl (C=O) groups is 4. The SMILES string of the molecule is Cc1cccc(C(C(=O)Nc2c(C)cccc2Cl)N(CCO)C(=O)C(CC(N)=O)NC(=O)OC(C)(C)C)c1. The highest BCUT2D eigenvalue weighted by Gasteiger charge is 2.37. The molecule has 0 fully saturated rings. The molecule has 0 heterocycles. The van der Waals surface area contributed by atoms with Crippen LogP contribution in [0, 0.1) is 13.8 Å². The van der Waals surface area contributed by atoms with Crippen LogP contribution in [0.2, 0.25) is 5.02 Å². The van der Waals surface area contributed by atoms with Gasteiger partial charge in [-0.15, -0.1) is 0 Å². The third-order valence-electron chi connectivity index (χ3n) is 5.41. The molecule has 0 saturated carbocycles. The number of aliphatic hydroxyl groups is 1. The number of amides is 4. The molecule has 0 aliphatic carbocycles. The molecule has 2 atom stereocenters. The van der Waals surface area contributed by atoms with Gasteiger partial charge in [0.1, 0.15) is 17.7 Å². The van der Waals surface area contributed by atoms with Gasteiger partial charge in [0, 0.05) is 6.54 Å². The third kappa shape index (κ3) is 8.74. The number of primary amides is 1. The van der Waals surface area contributed by atoms with Crippen LogP contribution < -0.4 is 16.4 Å². The number of nitrogens with zero attached hydrogens (tertiary/aromatic N) is 1. The number of rotatable bonds is 10. The number of hydrogen-bond donors (Lipinski definition) is 4. The Kier molecular flexibility index (Phi) is 10.7. The van der Waals surface area contributed by atoms with Crippen LogP contribution in [0.1, 0.15) is 49.9 Å². The molecule has 0 saturated heterocycles. The molecule has 2 aromatic carbocycles. The summed E-state index contributed by atoms with van der Waals surface area (Å²) in [6.45, 7) is 7.75. The number of hydrogen-bond acceptors (Lipinski definition) is 6. The van der Waals surface area contributed by atoms with Gasteiger partial charge in [0.25, 0.3) is 5.91 Å². The largest absolute Gasteiger partial charge is 0.444 e. The number of aryl methyl sites for hydroxylation is 2. The summed E-state index contributed by atoms with van der Waals surface area (Å²) in [6, 6.07) is 9.39. The van der Waals surface area contributed by atoms with E-state index >= 15 is 0 Å². The molecular weight excluding hydrogens is 512 g/mol. The summed E-state index contributed by atoms with van der Waals surface area (Å²) in [5, 5.41) is 15.3. The Bertz CT molecular complexity index is 1160. The average molecular weight is 547 g/mol. The minimum atomic E-state index is -1.45. The predicted octanol–water partition coefficient (Wildman–Crippen LogP) is 3.23. The van der Waals surface area contributed by atoms with Crippen molar-refractivity contribution in [2.75, 3.05) is 18.5 Å². The van der Waals surface area contributed by atoms with Gasteiger partial charge in [0.15, 0.2) is 0 Å². The van der Waals surface area contributed by atoms with E-state index in [1.165, 1.54) is 0 Å². The Morgan fingerprint density at radius 3 is 2.32 bits per heavy atom. The van der Waals surface area contributed by atoms with Crippen molar-refractivity contribution < 1.29 is 29.0 Å². The van der Waals surface area contributed by atoms with Crippen LogP contribution in [0.25, 0.3) is 0 Å². The summed E-state index contributed by atoms with van der Waals surface area (Å²) in [7, 11) is 0. The first-order chi connectivity index (χ1) is 17.7. The second-order valence-corrected chi connectivity index (χ2v) is 10.3. The van der Waals surface area contributed by atoms with Crippen molar-refractivity contribution in [1.82, 2.24) is 10.2 Å². The highest BCUT2D eigenvalue weighted by atomic mass is 35.5. The van der Waals surface area contributed by atoms with Crippen molar-refractivity contribution in [1.29, 1.82) is 0 Å². The molecule has 0 aliphatic rings. The molecule has 10 nitrogen and oxygen atoms in total. The molecule has 2 rings (SSSR count). The molecule has 2 unspecified atom stereocenters. The van der Waals surface area contributed by atoms with Crippen molar-refractivity contribution in [2.24, 2.45) is 5.73 Å². The molecule has 2 aromatic rings. The van der Waals surface area contributed by atoms with Gasteiger partial charge in [-0.25, -0.2) is 4.79 Å². The summed E-state index contributed by atoms with van der Waals surface area (Å²) >= 11 is 6.32. The maximum absolute atomic E-state index is 13.8. The fourth-order valence-electron chi connectivity index (χ4n) is 3.82. The molecule has 5 N–H and O–H groups in total. The lowest BCUT2D eigenvalue weighted by molar-refractivity contribution is -0.142. The van der Waals surface area contributed by atoms with Crippen molar-refractivity contribution in [3.05, 3.63) is 64.2 Å². The zero-order valence-corrected chi connectivity index (χ0v) is 23.0. The number of aliphatic hydroxyl groups excluding tert-OH is 1. The second kappa shape index (κ2) is 13.3. The number of anilines is 1. The fourth-order valence-corrected chi connectivity index (χ4v) is 4.09. The number of ether oxygens (including phenoxy) is 1. The highest BCUT2D eigenvalue weighted by Crippen LogP contribution is 2.29. The average Bonchev–Trinajstić information content (AvgIpc) is 2.79. The van der Waals surface area contributed by atoms with Crippen LogP contribution in [0.4, 0.5) is 10.5 Å². The summed E-state index contributed by atoms with van der Waals surface area (Å²) < 4.78 is 5.24. The monoisotopic (exact) mass is 546 g/mol. The summed E-state index contributed by atoms with van der Waals surface area (Å²) in [5.41, 5.74) is 6.84. The van der Waals surface area contributed by atoms with Gasteiger partial charge in [0.05, 0.1) is 23.7 Å². The molecule has 0 aliphatic heterocycles. The Morgan fingerprint density at radius 1 is 1.11 bits per heavy atom. The lowest BCUT2D eigenvalue weighted by Gasteiger charge is -2.34. The number of alkyl carbamates (subject to hydrolysis) is 1. The number of nitrogens with one attached hydrogen (secondary N) is 2. The molecule has 4 amide bonds.